The Morgan fingerprint density at radius 2 is 2.00 bits per heavy atom. The van der Waals surface area contributed by atoms with Crippen LogP contribution in [0.2, 0.25) is 0 Å². The van der Waals surface area contributed by atoms with E-state index in [1.54, 1.807) is 11.9 Å². The van der Waals surface area contributed by atoms with Crippen LogP contribution in [0.15, 0.2) is 48.5 Å². The Balaban J connectivity index is 1.77. The summed E-state index contributed by atoms with van der Waals surface area (Å²) < 4.78 is 8.87. The maximum absolute atomic E-state index is 5.58. The van der Waals surface area contributed by atoms with E-state index in [4.69, 9.17) is 4.74 Å². The molecule has 2 N–H and O–H groups in total. The predicted molar refractivity (Wildman–Crippen MR) is 76.9 cm³/mol. The molecule has 0 fully saturated rings. The normalized spacial score (nSPS) is 13.1. The highest BCUT2D eigenvalue weighted by atomic mass is 32.2. The van der Waals surface area contributed by atoms with E-state index in [-0.39, 0.29) is 0 Å². The van der Waals surface area contributed by atoms with Crippen molar-refractivity contribution >= 4 is 23.3 Å². The molecule has 1 heterocycles. The minimum atomic E-state index is 0.648. The fourth-order valence-corrected chi connectivity index (χ4v) is 2.49. The first-order valence-electron chi connectivity index (χ1n) is 5.85. The van der Waals surface area contributed by atoms with Crippen LogP contribution < -0.4 is 14.8 Å². The molecule has 92 valence electrons. The van der Waals surface area contributed by atoms with E-state index < -0.39 is 0 Å². The van der Waals surface area contributed by atoms with Gasteiger partial charge in [-0.3, -0.25) is 0 Å². The van der Waals surface area contributed by atoms with Crippen molar-refractivity contribution in [3.05, 3.63) is 54.1 Å². The third kappa shape index (κ3) is 2.38. The summed E-state index contributed by atoms with van der Waals surface area (Å²) in [5.41, 5.74) is 3.37. The zero-order valence-electron chi connectivity index (χ0n) is 9.85. The topological polar surface area (TPSA) is 33.3 Å². The molecule has 0 bridgehead atoms. The van der Waals surface area contributed by atoms with Crippen molar-refractivity contribution < 1.29 is 4.74 Å². The van der Waals surface area contributed by atoms with Crippen molar-refractivity contribution in [2.24, 2.45) is 0 Å². The highest BCUT2D eigenvalue weighted by Gasteiger charge is 2.13. The number of para-hydroxylation sites is 1. The second kappa shape index (κ2) is 5.23. The lowest BCUT2D eigenvalue weighted by atomic mass is 10.2. The van der Waals surface area contributed by atoms with E-state index in [9.17, 15) is 0 Å². The third-order valence-electron chi connectivity index (χ3n) is 2.80. The lowest BCUT2D eigenvalue weighted by Gasteiger charge is -2.21. The first-order chi connectivity index (χ1) is 8.93. The van der Waals surface area contributed by atoms with Crippen LogP contribution in [0, 0.1) is 0 Å². The van der Waals surface area contributed by atoms with E-state index in [1.807, 2.05) is 18.2 Å². The Kier molecular flexibility index (Phi) is 3.28. The van der Waals surface area contributed by atoms with E-state index in [0.717, 1.165) is 23.7 Å². The summed E-state index contributed by atoms with van der Waals surface area (Å²) in [5.74, 6) is 1.56. The molecule has 3 nitrogen and oxygen atoms in total. The second-order valence-corrected chi connectivity index (χ2v) is 4.75. The average Bonchev–Trinajstić information content (AvgIpc) is 2.46. The van der Waals surface area contributed by atoms with Gasteiger partial charge in [-0.1, -0.05) is 36.4 Å². The van der Waals surface area contributed by atoms with Crippen LogP contribution in [-0.4, -0.2) is 5.94 Å². The van der Waals surface area contributed by atoms with Crippen LogP contribution in [0.1, 0.15) is 5.56 Å². The molecule has 3 rings (SSSR count). The molecule has 0 aliphatic carbocycles. The summed E-state index contributed by atoms with van der Waals surface area (Å²) in [6.07, 6.45) is 0. The van der Waals surface area contributed by atoms with Gasteiger partial charge in [-0.05, 0) is 29.6 Å². The van der Waals surface area contributed by atoms with Crippen LogP contribution in [-0.2, 0) is 6.54 Å². The third-order valence-corrected chi connectivity index (χ3v) is 3.38. The van der Waals surface area contributed by atoms with Crippen LogP contribution in [0.3, 0.4) is 0 Å². The van der Waals surface area contributed by atoms with Crippen LogP contribution in [0.25, 0.3) is 0 Å². The monoisotopic (exact) mass is 258 g/mol. The fraction of sp³-hybridized carbons (Fsp3) is 0.143. The number of ether oxygens (including phenoxy) is 1. The van der Waals surface area contributed by atoms with Crippen molar-refractivity contribution in [2.45, 2.75) is 6.54 Å². The van der Waals surface area contributed by atoms with Crippen LogP contribution in [0.4, 0.5) is 11.4 Å². The molecule has 2 aromatic carbocycles. The van der Waals surface area contributed by atoms with Crippen LogP contribution >= 0.6 is 11.9 Å². The molecule has 4 heteroatoms. The lowest BCUT2D eigenvalue weighted by molar-refractivity contribution is 0.392. The summed E-state index contributed by atoms with van der Waals surface area (Å²) in [7, 11) is 0. The molecule has 1 aliphatic heterocycles. The van der Waals surface area contributed by atoms with Gasteiger partial charge in [0.2, 0.25) is 0 Å². The molecule has 0 spiro atoms. The highest BCUT2D eigenvalue weighted by Crippen LogP contribution is 2.38. The van der Waals surface area contributed by atoms with Gasteiger partial charge in [0, 0.05) is 6.54 Å². The van der Waals surface area contributed by atoms with Gasteiger partial charge in [-0.25, -0.2) is 0 Å². The van der Waals surface area contributed by atoms with Crippen molar-refractivity contribution in [3.8, 4) is 5.75 Å². The summed E-state index contributed by atoms with van der Waals surface area (Å²) in [6, 6.07) is 16.4. The van der Waals surface area contributed by atoms with Gasteiger partial charge in [0.1, 0.15) is 11.4 Å². The van der Waals surface area contributed by atoms with E-state index in [0.29, 0.717) is 5.94 Å². The van der Waals surface area contributed by atoms with Crippen LogP contribution in [0.5, 0.6) is 5.75 Å². The minimum Gasteiger partial charge on any atom is -0.479 e. The molecule has 0 saturated heterocycles. The zero-order valence-corrected chi connectivity index (χ0v) is 10.7. The Morgan fingerprint density at radius 3 is 2.89 bits per heavy atom. The maximum atomic E-state index is 5.58. The van der Waals surface area contributed by atoms with Gasteiger partial charge in [-0.15, -0.1) is 0 Å². The smallest absolute Gasteiger partial charge is 0.153 e. The van der Waals surface area contributed by atoms with Gasteiger partial charge in [0.05, 0.1) is 5.69 Å². The van der Waals surface area contributed by atoms with Crippen molar-refractivity contribution in [1.29, 1.82) is 0 Å². The fourth-order valence-electron chi connectivity index (χ4n) is 1.89. The zero-order chi connectivity index (χ0) is 12.2. The Morgan fingerprint density at radius 1 is 1.11 bits per heavy atom. The number of hydrogen-bond acceptors (Lipinski definition) is 4. The first kappa shape index (κ1) is 11.3. The number of benzene rings is 2. The molecular formula is C14H14N2OS. The number of fused-ring (bicyclic) bond motifs is 1. The van der Waals surface area contributed by atoms with Crippen molar-refractivity contribution in [1.82, 2.24) is 0 Å². The summed E-state index contributed by atoms with van der Waals surface area (Å²) >= 11 is 1.56. The molecule has 18 heavy (non-hydrogen) atoms. The van der Waals surface area contributed by atoms with E-state index in [2.05, 4.69) is 40.4 Å². The Bertz CT molecular complexity index is 531. The summed E-state index contributed by atoms with van der Waals surface area (Å²) in [6.45, 7) is 0.809. The molecule has 0 atom stereocenters. The average molecular weight is 258 g/mol. The van der Waals surface area contributed by atoms with Gasteiger partial charge in [-0.2, -0.15) is 0 Å². The van der Waals surface area contributed by atoms with E-state index >= 15 is 0 Å². The quantitative estimate of drug-likeness (QED) is 0.822. The highest BCUT2D eigenvalue weighted by molar-refractivity contribution is 8.00. The van der Waals surface area contributed by atoms with Crippen molar-refractivity contribution in [3.63, 3.8) is 0 Å². The SMILES string of the molecule is c1ccc(CNc2cccc3c2NSCO3)cc1. The van der Waals surface area contributed by atoms with Crippen molar-refractivity contribution in [2.75, 3.05) is 16.0 Å². The second-order valence-electron chi connectivity index (χ2n) is 4.03. The molecular weight excluding hydrogens is 244 g/mol. The van der Waals surface area contributed by atoms with Gasteiger partial charge < -0.3 is 14.8 Å². The molecule has 0 saturated carbocycles. The van der Waals surface area contributed by atoms with Gasteiger partial charge in [0.25, 0.3) is 0 Å². The Hall–Kier alpha value is -1.81. The molecule has 1 aliphatic rings. The summed E-state index contributed by atoms with van der Waals surface area (Å²) in [5, 5.41) is 3.43. The van der Waals surface area contributed by atoms with Gasteiger partial charge in [0.15, 0.2) is 5.94 Å². The number of anilines is 2. The van der Waals surface area contributed by atoms with E-state index in [1.165, 1.54) is 5.56 Å². The molecule has 0 unspecified atom stereocenters. The molecule has 2 aromatic rings. The molecule has 0 amide bonds. The number of nitrogens with one attached hydrogen (secondary N) is 2. The molecule has 0 aromatic heterocycles. The summed E-state index contributed by atoms with van der Waals surface area (Å²) in [4.78, 5) is 0. The number of hydrogen-bond donors (Lipinski definition) is 2. The largest absolute Gasteiger partial charge is 0.479 e. The number of rotatable bonds is 3. The van der Waals surface area contributed by atoms with Gasteiger partial charge >= 0.3 is 0 Å². The first-order valence-corrected chi connectivity index (χ1v) is 6.83. The molecule has 0 radical (unpaired) electrons. The predicted octanol–water partition coefficient (Wildman–Crippen LogP) is 3.71. The minimum absolute atomic E-state index is 0.648. The Labute approximate surface area is 111 Å². The maximum Gasteiger partial charge on any atom is 0.153 e. The lowest BCUT2D eigenvalue weighted by Crippen LogP contribution is -2.09. The standard InChI is InChI=1S/C14H14N2OS/c1-2-5-11(6-3-1)9-15-12-7-4-8-13-14(12)16-18-10-17-13/h1-8,15-16H,9-10H2.